The van der Waals surface area contributed by atoms with Gasteiger partial charge in [-0.05, 0) is 6.07 Å². The predicted molar refractivity (Wildman–Crippen MR) is 96.5 cm³/mol. The predicted octanol–water partition coefficient (Wildman–Crippen LogP) is 3.41. The highest BCUT2D eigenvalue weighted by Crippen LogP contribution is 2.23. The van der Waals surface area contributed by atoms with E-state index in [1.165, 1.54) is 6.33 Å². The minimum atomic E-state index is 0.559. The second-order valence-electron chi connectivity index (χ2n) is 5.53. The molecule has 0 unspecified atom stereocenters. The number of nitrogens with one attached hydrogen (secondary N) is 1. The van der Waals surface area contributed by atoms with E-state index in [0.29, 0.717) is 12.3 Å². The van der Waals surface area contributed by atoms with Crippen molar-refractivity contribution in [3.05, 3.63) is 72.6 Å². The van der Waals surface area contributed by atoms with Crippen molar-refractivity contribution in [3.8, 4) is 17.0 Å². The molecule has 0 amide bonds. The topological polar surface area (TPSA) is 64.3 Å². The molecule has 6 heteroatoms. The molecule has 2 aromatic carbocycles. The lowest BCUT2D eigenvalue weighted by atomic mass is 10.1. The van der Waals surface area contributed by atoms with Crippen LogP contribution in [0.4, 0.5) is 5.82 Å². The van der Waals surface area contributed by atoms with Gasteiger partial charge in [-0.15, -0.1) is 0 Å². The van der Waals surface area contributed by atoms with E-state index in [9.17, 15) is 0 Å². The van der Waals surface area contributed by atoms with Crippen molar-refractivity contribution in [1.29, 1.82) is 0 Å². The van der Waals surface area contributed by atoms with Crippen LogP contribution in [0, 0.1) is 0 Å². The maximum Gasteiger partial charge on any atom is 0.254 e. The molecule has 2 aromatic heterocycles. The van der Waals surface area contributed by atoms with Crippen molar-refractivity contribution in [2.24, 2.45) is 0 Å². The zero-order chi connectivity index (χ0) is 17.1. The van der Waals surface area contributed by atoms with Crippen LogP contribution in [-0.4, -0.2) is 26.7 Å². The first kappa shape index (κ1) is 15.1. The molecule has 0 saturated carbocycles. The monoisotopic (exact) mass is 331 g/mol. The Morgan fingerprint density at radius 1 is 1.04 bits per heavy atom. The molecule has 0 saturated heterocycles. The summed E-state index contributed by atoms with van der Waals surface area (Å²) in [6, 6.07) is 19.9. The summed E-state index contributed by atoms with van der Waals surface area (Å²) in [5.74, 6) is 2.23. The first-order valence-electron chi connectivity index (χ1n) is 7.97. The molecule has 0 atom stereocenters. The number of hydrogen-bond donors (Lipinski definition) is 1. The normalized spacial score (nSPS) is 10.8. The van der Waals surface area contributed by atoms with Gasteiger partial charge in [0.15, 0.2) is 0 Å². The second kappa shape index (κ2) is 6.60. The van der Waals surface area contributed by atoms with Gasteiger partial charge in [0.1, 0.15) is 17.9 Å². The third-order valence-electron chi connectivity index (χ3n) is 3.97. The lowest BCUT2D eigenvalue weighted by Crippen LogP contribution is -2.07. The van der Waals surface area contributed by atoms with Crippen molar-refractivity contribution in [2.75, 3.05) is 12.4 Å². The van der Waals surface area contributed by atoms with Crippen molar-refractivity contribution < 1.29 is 4.74 Å². The second-order valence-corrected chi connectivity index (χ2v) is 5.53. The van der Waals surface area contributed by atoms with Gasteiger partial charge in [-0.3, -0.25) is 0 Å². The van der Waals surface area contributed by atoms with Crippen LogP contribution < -0.4 is 10.1 Å². The van der Waals surface area contributed by atoms with Gasteiger partial charge in [0.25, 0.3) is 5.78 Å². The van der Waals surface area contributed by atoms with Crippen LogP contribution >= 0.6 is 0 Å². The molecule has 0 aliphatic rings. The van der Waals surface area contributed by atoms with Crippen LogP contribution in [0.1, 0.15) is 5.56 Å². The first-order chi connectivity index (χ1) is 12.3. The minimum Gasteiger partial charge on any atom is -0.496 e. The maximum atomic E-state index is 5.41. The smallest absolute Gasteiger partial charge is 0.254 e. The highest BCUT2D eigenvalue weighted by molar-refractivity contribution is 5.65. The van der Waals surface area contributed by atoms with E-state index < -0.39 is 0 Å². The standard InChI is InChI=1S/C19H17N5O/c1-25-17-10-6-5-9-15(17)12-20-18-11-16(14-7-3-2-4-8-14)23-19-21-13-22-24(18)19/h2-11,13,20H,12H2,1H3. The van der Waals surface area contributed by atoms with Gasteiger partial charge in [0.2, 0.25) is 0 Å². The van der Waals surface area contributed by atoms with E-state index in [1.54, 1.807) is 11.6 Å². The zero-order valence-corrected chi connectivity index (χ0v) is 13.8. The Balaban J connectivity index is 1.70. The van der Waals surface area contributed by atoms with E-state index >= 15 is 0 Å². The fourth-order valence-electron chi connectivity index (χ4n) is 2.73. The lowest BCUT2D eigenvalue weighted by molar-refractivity contribution is 0.410. The van der Waals surface area contributed by atoms with E-state index in [0.717, 1.165) is 28.4 Å². The third kappa shape index (κ3) is 3.01. The Bertz CT molecular complexity index is 997. The number of benzene rings is 2. The molecule has 0 radical (unpaired) electrons. The van der Waals surface area contributed by atoms with Crippen molar-refractivity contribution in [3.63, 3.8) is 0 Å². The van der Waals surface area contributed by atoms with Crippen molar-refractivity contribution >= 4 is 11.6 Å². The molecule has 4 rings (SSSR count). The Morgan fingerprint density at radius 3 is 2.68 bits per heavy atom. The number of rotatable bonds is 5. The molecule has 0 bridgehead atoms. The summed E-state index contributed by atoms with van der Waals surface area (Å²) in [6.45, 7) is 0.608. The van der Waals surface area contributed by atoms with Gasteiger partial charge >= 0.3 is 0 Å². The highest BCUT2D eigenvalue weighted by Gasteiger charge is 2.10. The number of anilines is 1. The van der Waals surface area contributed by atoms with Gasteiger partial charge in [-0.25, -0.2) is 4.98 Å². The summed E-state index contributed by atoms with van der Waals surface area (Å²) < 4.78 is 7.11. The number of methoxy groups -OCH3 is 1. The molecule has 1 N–H and O–H groups in total. The molecule has 6 nitrogen and oxygen atoms in total. The van der Waals surface area contributed by atoms with Crippen LogP contribution in [0.25, 0.3) is 17.0 Å². The quantitative estimate of drug-likeness (QED) is 0.607. The Morgan fingerprint density at radius 2 is 1.84 bits per heavy atom. The molecular weight excluding hydrogens is 314 g/mol. The summed E-state index contributed by atoms with van der Waals surface area (Å²) in [5.41, 5.74) is 2.95. The number of ether oxygens (including phenoxy) is 1. The van der Waals surface area contributed by atoms with E-state index in [4.69, 9.17) is 4.74 Å². The molecule has 2 heterocycles. The number of para-hydroxylation sites is 1. The lowest BCUT2D eigenvalue weighted by Gasteiger charge is -2.12. The van der Waals surface area contributed by atoms with Crippen molar-refractivity contribution in [2.45, 2.75) is 6.54 Å². The third-order valence-corrected chi connectivity index (χ3v) is 3.97. The summed E-state index contributed by atoms with van der Waals surface area (Å²) in [5, 5.41) is 7.67. The Labute approximate surface area is 145 Å². The Hall–Kier alpha value is -3.41. The summed E-state index contributed by atoms with van der Waals surface area (Å²) in [7, 11) is 1.68. The van der Waals surface area contributed by atoms with Gasteiger partial charge < -0.3 is 10.1 Å². The van der Waals surface area contributed by atoms with Crippen LogP contribution in [0.2, 0.25) is 0 Å². The van der Waals surface area contributed by atoms with Crippen LogP contribution in [0.15, 0.2) is 67.0 Å². The fourth-order valence-corrected chi connectivity index (χ4v) is 2.73. The fraction of sp³-hybridized carbons (Fsp3) is 0.105. The SMILES string of the molecule is COc1ccccc1CNc1cc(-c2ccccc2)nc2ncnn12. The molecule has 0 aliphatic heterocycles. The summed E-state index contributed by atoms with van der Waals surface area (Å²) in [4.78, 5) is 8.81. The van der Waals surface area contributed by atoms with Gasteiger partial charge in [-0.2, -0.15) is 14.6 Å². The average molecular weight is 331 g/mol. The van der Waals surface area contributed by atoms with Gasteiger partial charge in [-0.1, -0.05) is 48.5 Å². The zero-order valence-electron chi connectivity index (χ0n) is 13.8. The maximum absolute atomic E-state index is 5.41. The molecule has 4 aromatic rings. The number of hydrogen-bond acceptors (Lipinski definition) is 5. The molecule has 0 spiro atoms. The van der Waals surface area contributed by atoms with Crippen molar-refractivity contribution in [1.82, 2.24) is 19.6 Å². The summed E-state index contributed by atoms with van der Waals surface area (Å²) >= 11 is 0. The molecular formula is C19H17N5O. The van der Waals surface area contributed by atoms with Crippen LogP contribution in [0.5, 0.6) is 5.75 Å². The van der Waals surface area contributed by atoms with Crippen LogP contribution in [0.3, 0.4) is 0 Å². The minimum absolute atomic E-state index is 0.559. The van der Waals surface area contributed by atoms with E-state index in [2.05, 4.69) is 20.4 Å². The van der Waals surface area contributed by atoms with Crippen LogP contribution in [-0.2, 0) is 6.54 Å². The largest absolute Gasteiger partial charge is 0.496 e. The highest BCUT2D eigenvalue weighted by atomic mass is 16.5. The molecule has 25 heavy (non-hydrogen) atoms. The molecule has 124 valence electrons. The number of nitrogens with zero attached hydrogens (tertiary/aromatic N) is 4. The molecule has 0 aliphatic carbocycles. The summed E-state index contributed by atoms with van der Waals surface area (Å²) in [6.07, 6.45) is 1.51. The van der Waals surface area contributed by atoms with Gasteiger partial charge in [0.05, 0.1) is 12.8 Å². The van der Waals surface area contributed by atoms with E-state index in [-0.39, 0.29) is 0 Å². The Kier molecular flexibility index (Phi) is 4.00. The first-order valence-corrected chi connectivity index (χ1v) is 7.97. The molecule has 0 fully saturated rings. The average Bonchev–Trinajstić information content (AvgIpc) is 3.15. The van der Waals surface area contributed by atoms with E-state index in [1.807, 2.05) is 60.7 Å². The number of fused-ring (bicyclic) bond motifs is 1. The number of aromatic nitrogens is 4. The van der Waals surface area contributed by atoms with Gasteiger partial charge in [0, 0.05) is 23.7 Å².